The fourth-order valence-electron chi connectivity index (χ4n) is 2.72. The molecule has 0 saturated carbocycles. The van der Waals surface area contributed by atoms with E-state index >= 15 is 0 Å². The molecule has 0 heterocycles. The predicted octanol–water partition coefficient (Wildman–Crippen LogP) is 4.08. The molecule has 3 rings (SSSR count). The summed E-state index contributed by atoms with van der Waals surface area (Å²) >= 11 is 1.38. The molecule has 0 aliphatic carbocycles. The van der Waals surface area contributed by atoms with Crippen LogP contribution in [0.3, 0.4) is 0 Å². The normalized spacial score (nSPS) is 10.3. The van der Waals surface area contributed by atoms with Crippen LogP contribution in [0.5, 0.6) is 0 Å². The second kappa shape index (κ2) is 9.76. The monoisotopic (exact) mass is 419 g/mol. The van der Waals surface area contributed by atoms with E-state index in [-0.39, 0.29) is 17.6 Å². The molecule has 0 spiro atoms. The van der Waals surface area contributed by atoms with Crippen molar-refractivity contribution < 1.29 is 14.4 Å². The second-order valence-corrected chi connectivity index (χ2v) is 7.62. The zero-order valence-corrected chi connectivity index (χ0v) is 17.2. The van der Waals surface area contributed by atoms with E-state index in [0.29, 0.717) is 22.5 Å². The number of nitrogens with one attached hydrogen (secondary N) is 2. The molecular formula is C23H21N3O3S. The van der Waals surface area contributed by atoms with Gasteiger partial charge in [-0.1, -0.05) is 18.2 Å². The third kappa shape index (κ3) is 5.71. The number of primary amides is 1. The summed E-state index contributed by atoms with van der Waals surface area (Å²) < 4.78 is 0. The first-order valence-corrected chi connectivity index (χ1v) is 10.2. The van der Waals surface area contributed by atoms with E-state index in [0.717, 1.165) is 10.5 Å². The van der Waals surface area contributed by atoms with Crippen LogP contribution in [0.4, 0.5) is 11.4 Å². The fraction of sp³-hybridized carbons (Fsp3) is 0.0870. The van der Waals surface area contributed by atoms with Gasteiger partial charge in [0.25, 0.3) is 5.91 Å². The number of thioether (sulfide) groups is 1. The maximum atomic E-state index is 12.4. The van der Waals surface area contributed by atoms with Crippen molar-refractivity contribution in [3.8, 4) is 0 Å². The summed E-state index contributed by atoms with van der Waals surface area (Å²) in [7, 11) is 0. The van der Waals surface area contributed by atoms with E-state index in [1.807, 2.05) is 37.3 Å². The van der Waals surface area contributed by atoms with E-state index in [1.165, 1.54) is 11.8 Å². The number of carbonyl (C=O) groups is 3. The summed E-state index contributed by atoms with van der Waals surface area (Å²) in [4.78, 5) is 36.5. The van der Waals surface area contributed by atoms with Gasteiger partial charge in [0.05, 0.1) is 5.75 Å². The molecule has 3 aromatic carbocycles. The van der Waals surface area contributed by atoms with Crippen LogP contribution in [0.25, 0.3) is 0 Å². The zero-order chi connectivity index (χ0) is 21.5. The van der Waals surface area contributed by atoms with Crippen molar-refractivity contribution in [1.29, 1.82) is 0 Å². The molecule has 0 atom stereocenters. The molecule has 7 heteroatoms. The molecule has 0 aliphatic heterocycles. The Labute approximate surface area is 178 Å². The number of aryl methyl sites for hydroxylation is 1. The first-order chi connectivity index (χ1) is 14.4. The van der Waals surface area contributed by atoms with Crippen LogP contribution in [0.15, 0.2) is 77.7 Å². The van der Waals surface area contributed by atoms with Crippen LogP contribution in [0.2, 0.25) is 0 Å². The van der Waals surface area contributed by atoms with Gasteiger partial charge in [-0.15, -0.1) is 11.8 Å². The van der Waals surface area contributed by atoms with Gasteiger partial charge >= 0.3 is 0 Å². The molecule has 30 heavy (non-hydrogen) atoms. The summed E-state index contributed by atoms with van der Waals surface area (Å²) in [5.41, 5.74) is 8.42. The van der Waals surface area contributed by atoms with Gasteiger partial charge in [0.1, 0.15) is 0 Å². The van der Waals surface area contributed by atoms with Crippen molar-refractivity contribution in [3.05, 3.63) is 89.5 Å². The van der Waals surface area contributed by atoms with E-state index < -0.39 is 5.91 Å². The summed E-state index contributed by atoms with van der Waals surface area (Å²) in [6.45, 7) is 1.89. The van der Waals surface area contributed by atoms with Crippen molar-refractivity contribution in [2.45, 2.75) is 11.8 Å². The molecular weight excluding hydrogens is 398 g/mol. The third-order valence-corrected chi connectivity index (χ3v) is 5.34. The van der Waals surface area contributed by atoms with Crippen LogP contribution in [0.1, 0.15) is 26.3 Å². The Bertz CT molecular complexity index is 1060. The van der Waals surface area contributed by atoms with Crippen molar-refractivity contribution in [3.63, 3.8) is 0 Å². The molecule has 3 amide bonds. The SMILES string of the molecule is Cc1ccccc1C(=O)Nc1ccc(SCC(=O)Nc2ccc(C(N)=O)cc2)cc1. The molecule has 0 unspecified atom stereocenters. The lowest BCUT2D eigenvalue weighted by molar-refractivity contribution is -0.113. The van der Waals surface area contributed by atoms with Crippen molar-refractivity contribution in [2.75, 3.05) is 16.4 Å². The Morgan fingerprint density at radius 1 is 0.833 bits per heavy atom. The molecule has 0 radical (unpaired) electrons. The number of hydrogen-bond donors (Lipinski definition) is 3. The number of rotatable bonds is 7. The average molecular weight is 420 g/mol. The van der Waals surface area contributed by atoms with E-state index in [9.17, 15) is 14.4 Å². The number of nitrogens with two attached hydrogens (primary N) is 1. The van der Waals surface area contributed by atoms with Gasteiger partial charge in [0, 0.05) is 27.4 Å². The van der Waals surface area contributed by atoms with Gasteiger partial charge in [-0.2, -0.15) is 0 Å². The van der Waals surface area contributed by atoms with Gasteiger partial charge in [-0.25, -0.2) is 0 Å². The number of carbonyl (C=O) groups excluding carboxylic acids is 3. The minimum Gasteiger partial charge on any atom is -0.366 e. The minimum atomic E-state index is -0.512. The molecule has 0 bridgehead atoms. The van der Waals surface area contributed by atoms with Gasteiger partial charge in [0.15, 0.2) is 0 Å². The highest BCUT2D eigenvalue weighted by atomic mass is 32.2. The van der Waals surface area contributed by atoms with Gasteiger partial charge in [-0.3, -0.25) is 14.4 Å². The largest absolute Gasteiger partial charge is 0.366 e. The van der Waals surface area contributed by atoms with E-state index in [4.69, 9.17) is 5.73 Å². The molecule has 0 fully saturated rings. The Kier molecular flexibility index (Phi) is 6.87. The zero-order valence-electron chi connectivity index (χ0n) is 16.3. The molecule has 152 valence electrons. The number of anilines is 2. The summed E-state index contributed by atoms with van der Waals surface area (Å²) in [6, 6.07) is 21.1. The number of benzene rings is 3. The topological polar surface area (TPSA) is 101 Å². The molecule has 4 N–H and O–H groups in total. The maximum absolute atomic E-state index is 12.4. The molecule has 0 aromatic heterocycles. The van der Waals surface area contributed by atoms with Crippen LogP contribution in [-0.4, -0.2) is 23.5 Å². The van der Waals surface area contributed by atoms with E-state index in [2.05, 4.69) is 10.6 Å². The van der Waals surface area contributed by atoms with Crippen LogP contribution in [0, 0.1) is 6.92 Å². The van der Waals surface area contributed by atoms with E-state index in [1.54, 1.807) is 42.5 Å². The lowest BCUT2D eigenvalue weighted by Crippen LogP contribution is -2.15. The number of amides is 3. The molecule has 0 saturated heterocycles. The van der Waals surface area contributed by atoms with Crippen LogP contribution >= 0.6 is 11.8 Å². The summed E-state index contributed by atoms with van der Waals surface area (Å²) in [6.07, 6.45) is 0. The number of hydrogen-bond acceptors (Lipinski definition) is 4. The highest BCUT2D eigenvalue weighted by Crippen LogP contribution is 2.21. The average Bonchev–Trinajstić information content (AvgIpc) is 2.74. The fourth-order valence-corrected chi connectivity index (χ4v) is 3.42. The lowest BCUT2D eigenvalue weighted by Gasteiger charge is -2.09. The Morgan fingerprint density at radius 2 is 1.43 bits per heavy atom. The molecule has 0 aliphatic rings. The van der Waals surface area contributed by atoms with Gasteiger partial charge in [0.2, 0.25) is 11.8 Å². The summed E-state index contributed by atoms with van der Waals surface area (Å²) in [5.74, 6) is -0.604. The van der Waals surface area contributed by atoms with Crippen LogP contribution in [-0.2, 0) is 4.79 Å². The molecule has 3 aromatic rings. The van der Waals surface area contributed by atoms with Gasteiger partial charge < -0.3 is 16.4 Å². The third-order valence-electron chi connectivity index (χ3n) is 4.32. The standard InChI is InChI=1S/C23H21N3O3S/c1-15-4-2-3-5-20(15)23(29)26-18-10-12-19(13-11-18)30-14-21(27)25-17-8-6-16(7-9-17)22(24)28/h2-13H,14H2,1H3,(H2,24,28)(H,25,27)(H,26,29). The highest BCUT2D eigenvalue weighted by molar-refractivity contribution is 8.00. The predicted molar refractivity (Wildman–Crippen MR) is 120 cm³/mol. The van der Waals surface area contributed by atoms with Gasteiger partial charge in [-0.05, 0) is 67.1 Å². The highest BCUT2D eigenvalue weighted by Gasteiger charge is 2.09. The Balaban J connectivity index is 1.50. The van der Waals surface area contributed by atoms with Crippen molar-refractivity contribution in [1.82, 2.24) is 0 Å². The second-order valence-electron chi connectivity index (χ2n) is 6.57. The van der Waals surface area contributed by atoms with Crippen molar-refractivity contribution >= 4 is 40.9 Å². The lowest BCUT2D eigenvalue weighted by atomic mass is 10.1. The minimum absolute atomic E-state index is 0.157. The molecule has 6 nitrogen and oxygen atoms in total. The van der Waals surface area contributed by atoms with Crippen LogP contribution < -0.4 is 16.4 Å². The maximum Gasteiger partial charge on any atom is 0.255 e. The Hall–Kier alpha value is -3.58. The quantitative estimate of drug-likeness (QED) is 0.502. The first-order valence-electron chi connectivity index (χ1n) is 9.22. The first kappa shape index (κ1) is 21.1. The Morgan fingerprint density at radius 3 is 2.07 bits per heavy atom. The summed E-state index contributed by atoms with van der Waals surface area (Å²) in [5, 5.41) is 5.65. The van der Waals surface area contributed by atoms with Crippen molar-refractivity contribution in [2.24, 2.45) is 5.73 Å². The smallest absolute Gasteiger partial charge is 0.255 e.